The van der Waals surface area contributed by atoms with E-state index in [1.54, 1.807) is 7.11 Å². The Labute approximate surface area is 64.2 Å². The maximum atomic E-state index is 5.03. The first-order valence-corrected chi connectivity index (χ1v) is 3.80. The highest BCUT2D eigenvalue weighted by atomic mass is 16.5. The molecule has 0 aliphatic carbocycles. The smallest absolute Gasteiger partial charge is 0.0615 e. The van der Waals surface area contributed by atoms with Gasteiger partial charge in [-0.1, -0.05) is 0 Å². The molecular formula is C8H19NO. The summed E-state index contributed by atoms with van der Waals surface area (Å²) < 4.78 is 5.03. The molecule has 0 saturated carbocycles. The second kappa shape index (κ2) is 4.69. The van der Waals surface area contributed by atoms with Crippen molar-refractivity contribution in [1.29, 1.82) is 0 Å². The fourth-order valence-electron chi connectivity index (χ4n) is 0.868. The second-order valence-corrected chi connectivity index (χ2v) is 3.06. The Morgan fingerprint density at radius 1 is 1.30 bits per heavy atom. The second-order valence-electron chi connectivity index (χ2n) is 3.06. The van der Waals surface area contributed by atoms with Gasteiger partial charge in [0.15, 0.2) is 0 Å². The first-order valence-electron chi connectivity index (χ1n) is 3.80. The van der Waals surface area contributed by atoms with Crippen LogP contribution in [-0.4, -0.2) is 37.7 Å². The van der Waals surface area contributed by atoms with Gasteiger partial charge in [-0.05, 0) is 27.8 Å². The van der Waals surface area contributed by atoms with E-state index in [1.165, 1.54) is 0 Å². The number of methoxy groups -OCH3 is 1. The Balaban J connectivity index is 3.58. The fourth-order valence-corrected chi connectivity index (χ4v) is 0.868. The molecule has 0 aromatic carbocycles. The lowest BCUT2D eigenvalue weighted by molar-refractivity contribution is 0.0986. The molecule has 0 spiro atoms. The van der Waals surface area contributed by atoms with Crippen LogP contribution >= 0.6 is 0 Å². The Morgan fingerprint density at radius 3 is 2.10 bits per heavy atom. The normalized spacial score (nSPS) is 14.7. The van der Waals surface area contributed by atoms with E-state index in [4.69, 9.17) is 4.74 Å². The highest BCUT2D eigenvalue weighted by Gasteiger charge is 2.10. The molecule has 0 fully saturated rings. The van der Waals surface area contributed by atoms with Gasteiger partial charge < -0.3 is 4.74 Å². The molecule has 0 N–H and O–H groups in total. The third-order valence-corrected chi connectivity index (χ3v) is 1.92. The monoisotopic (exact) mass is 145 g/mol. The standard InChI is InChI=1S/C8H19NO/c1-7(2)9(4)8(3)6-10-5/h7-8H,6H2,1-5H3/t8-/m0/s1. The van der Waals surface area contributed by atoms with Crippen molar-refractivity contribution in [3.8, 4) is 0 Å². The molecule has 0 saturated heterocycles. The fraction of sp³-hybridized carbons (Fsp3) is 1.00. The summed E-state index contributed by atoms with van der Waals surface area (Å²) in [5.74, 6) is 0. The Morgan fingerprint density at radius 2 is 1.80 bits per heavy atom. The van der Waals surface area contributed by atoms with Crippen molar-refractivity contribution >= 4 is 0 Å². The van der Waals surface area contributed by atoms with Crippen molar-refractivity contribution in [2.24, 2.45) is 0 Å². The van der Waals surface area contributed by atoms with Gasteiger partial charge in [0.1, 0.15) is 0 Å². The zero-order valence-corrected chi connectivity index (χ0v) is 7.72. The maximum absolute atomic E-state index is 5.03. The van der Waals surface area contributed by atoms with Crippen molar-refractivity contribution in [2.45, 2.75) is 32.9 Å². The van der Waals surface area contributed by atoms with Crippen LogP contribution in [0.3, 0.4) is 0 Å². The molecule has 0 radical (unpaired) electrons. The third-order valence-electron chi connectivity index (χ3n) is 1.92. The molecule has 0 heterocycles. The van der Waals surface area contributed by atoms with Crippen LogP contribution in [-0.2, 0) is 4.74 Å². The summed E-state index contributed by atoms with van der Waals surface area (Å²) in [7, 11) is 3.86. The third kappa shape index (κ3) is 3.18. The van der Waals surface area contributed by atoms with Crippen LogP contribution in [0.25, 0.3) is 0 Å². The van der Waals surface area contributed by atoms with Crippen LogP contribution in [0.4, 0.5) is 0 Å². The topological polar surface area (TPSA) is 12.5 Å². The van der Waals surface area contributed by atoms with Gasteiger partial charge in [-0.2, -0.15) is 0 Å². The Bertz CT molecular complexity index is 83.3. The average molecular weight is 145 g/mol. The van der Waals surface area contributed by atoms with Gasteiger partial charge in [0, 0.05) is 19.2 Å². The zero-order valence-electron chi connectivity index (χ0n) is 7.72. The molecule has 62 valence electrons. The SMILES string of the molecule is COC[C@H](C)N(C)C(C)C. The lowest BCUT2D eigenvalue weighted by Gasteiger charge is -2.27. The zero-order chi connectivity index (χ0) is 8.15. The molecule has 2 nitrogen and oxygen atoms in total. The number of likely N-dealkylation sites (N-methyl/N-ethyl adjacent to an activating group) is 1. The van der Waals surface area contributed by atoms with Gasteiger partial charge in [0.2, 0.25) is 0 Å². The molecule has 10 heavy (non-hydrogen) atoms. The minimum atomic E-state index is 0.519. The quantitative estimate of drug-likeness (QED) is 0.592. The van der Waals surface area contributed by atoms with Crippen LogP contribution < -0.4 is 0 Å². The summed E-state index contributed by atoms with van der Waals surface area (Å²) in [6, 6.07) is 1.12. The van der Waals surface area contributed by atoms with Crippen LogP contribution in [0.1, 0.15) is 20.8 Å². The van der Waals surface area contributed by atoms with Crippen LogP contribution in [0.2, 0.25) is 0 Å². The molecule has 0 aromatic rings. The summed E-state index contributed by atoms with van der Waals surface area (Å²) in [5, 5.41) is 0. The lowest BCUT2D eigenvalue weighted by Crippen LogP contribution is -2.37. The van der Waals surface area contributed by atoms with Gasteiger partial charge in [-0.3, -0.25) is 4.90 Å². The average Bonchev–Trinajstić information content (AvgIpc) is 1.87. The summed E-state index contributed by atoms with van der Waals surface area (Å²) in [6.45, 7) is 7.36. The van der Waals surface area contributed by atoms with Crippen molar-refractivity contribution < 1.29 is 4.74 Å². The molecule has 0 aliphatic rings. The molecule has 0 unspecified atom stereocenters. The molecular weight excluding hydrogens is 126 g/mol. The largest absolute Gasteiger partial charge is 0.383 e. The van der Waals surface area contributed by atoms with Crippen LogP contribution in [0.5, 0.6) is 0 Å². The Hall–Kier alpha value is -0.0800. The lowest BCUT2D eigenvalue weighted by atomic mass is 10.2. The van der Waals surface area contributed by atoms with Crippen molar-refractivity contribution in [3.63, 3.8) is 0 Å². The van der Waals surface area contributed by atoms with E-state index >= 15 is 0 Å². The Kier molecular flexibility index (Phi) is 4.65. The van der Waals surface area contributed by atoms with E-state index in [-0.39, 0.29) is 0 Å². The van der Waals surface area contributed by atoms with E-state index in [2.05, 4.69) is 32.7 Å². The van der Waals surface area contributed by atoms with E-state index in [9.17, 15) is 0 Å². The maximum Gasteiger partial charge on any atom is 0.0615 e. The number of hydrogen-bond acceptors (Lipinski definition) is 2. The van der Waals surface area contributed by atoms with Gasteiger partial charge in [0.25, 0.3) is 0 Å². The summed E-state index contributed by atoms with van der Waals surface area (Å²) >= 11 is 0. The van der Waals surface area contributed by atoms with E-state index < -0.39 is 0 Å². The molecule has 0 aliphatic heterocycles. The number of ether oxygens (including phenoxy) is 1. The van der Waals surface area contributed by atoms with E-state index in [0.29, 0.717) is 12.1 Å². The van der Waals surface area contributed by atoms with Crippen molar-refractivity contribution in [2.75, 3.05) is 20.8 Å². The van der Waals surface area contributed by atoms with E-state index in [1.807, 2.05) is 0 Å². The number of nitrogens with zero attached hydrogens (tertiary/aromatic N) is 1. The van der Waals surface area contributed by atoms with Crippen LogP contribution in [0, 0.1) is 0 Å². The van der Waals surface area contributed by atoms with Gasteiger partial charge in [-0.15, -0.1) is 0 Å². The number of hydrogen-bond donors (Lipinski definition) is 0. The minimum Gasteiger partial charge on any atom is -0.383 e. The predicted octanol–water partition coefficient (Wildman–Crippen LogP) is 1.36. The van der Waals surface area contributed by atoms with Gasteiger partial charge in [0.05, 0.1) is 6.61 Å². The highest BCUT2D eigenvalue weighted by molar-refractivity contribution is 4.65. The predicted molar refractivity (Wildman–Crippen MR) is 44.2 cm³/mol. The molecule has 0 aromatic heterocycles. The first kappa shape index (κ1) is 9.92. The molecule has 0 bridgehead atoms. The first-order chi connectivity index (χ1) is 4.59. The molecule has 1 atom stereocenters. The van der Waals surface area contributed by atoms with Crippen molar-refractivity contribution in [3.05, 3.63) is 0 Å². The summed E-state index contributed by atoms with van der Waals surface area (Å²) in [5.41, 5.74) is 0. The number of rotatable bonds is 4. The van der Waals surface area contributed by atoms with Gasteiger partial charge >= 0.3 is 0 Å². The van der Waals surface area contributed by atoms with Gasteiger partial charge in [-0.25, -0.2) is 0 Å². The van der Waals surface area contributed by atoms with Crippen LogP contribution in [0.15, 0.2) is 0 Å². The highest BCUT2D eigenvalue weighted by Crippen LogP contribution is 2.00. The molecule has 0 rings (SSSR count). The molecule has 0 amide bonds. The summed E-state index contributed by atoms with van der Waals surface area (Å²) in [4.78, 5) is 2.30. The summed E-state index contributed by atoms with van der Waals surface area (Å²) in [6.07, 6.45) is 0. The molecule has 2 heteroatoms. The van der Waals surface area contributed by atoms with E-state index in [0.717, 1.165) is 6.61 Å². The minimum absolute atomic E-state index is 0.519. The van der Waals surface area contributed by atoms with Crippen molar-refractivity contribution in [1.82, 2.24) is 4.90 Å².